The van der Waals surface area contributed by atoms with Crippen LogP contribution >= 0.6 is 0 Å². The largest absolute Gasteiger partial charge is 0.496 e. The van der Waals surface area contributed by atoms with Crippen molar-refractivity contribution in [2.24, 2.45) is 0 Å². The standard InChI is InChI=1S/C11H15N3O4/c1-12-5-6-13-11(15)9-4-3-8(14(16)17)7-10(9)18-2/h3-4,7,12H,5-6H2,1-2H3,(H,13,15). The number of methoxy groups -OCH3 is 1. The first-order chi connectivity index (χ1) is 8.60. The first-order valence-corrected chi connectivity index (χ1v) is 5.35. The molecule has 0 bridgehead atoms. The zero-order chi connectivity index (χ0) is 13.5. The summed E-state index contributed by atoms with van der Waals surface area (Å²) in [6, 6.07) is 3.88. The Kier molecular flexibility index (Phi) is 5.06. The number of nitrogens with zero attached hydrogens (tertiary/aromatic N) is 1. The van der Waals surface area contributed by atoms with Crippen molar-refractivity contribution in [3.63, 3.8) is 0 Å². The third-order valence-corrected chi connectivity index (χ3v) is 2.30. The van der Waals surface area contributed by atoms with E-state index in [0.29, 0.717) is 13.1 Å². The molecule has 1 rings (SSSR count). The van der Waals surface area contributed by atoms with Gasteiger partial charge in [0.05, 0.1) is 23.7 Å². The van der Waals surface area contributed by atoms with E-state index >= 15 is 0 Å². The average molecular weight is 253 g/mol. The molecule has 0 aliphatic carbocycles. The molecule has 0 saturated heterocycles. The van der Waals surface area contributed by atoms with E-state index in [4.69, 9.17) is 4.74 Å². The monoisotopic (exact) mass is 253 g/mol. The van der Waals surface area contributed by atoms with Gasteiger partial charge in [-0.25, -0.2) is 0 Å². The number of non-ortho nitro benzene ring substituents is 1. The van der Waals surface area contributed by atoms with E-state index < -0.39 is 4.92 Å². The highest BCUT2D eigenvalue weighted by Gasteiger charge is 2.16. The lowest BCUT2D eigenvalue weighted by molar-refractivity contribution is -0.384. The van der Waals surface area contributed by atoms with Crippen LogP contribution in [0.5, 0.6) is 5.75 Å². The van der Waals surface area contributed by atoms with Crippen LogP contribution in [0, 0.1) is 10.1 Å². The van der Waals surface area contributed by atoms with Crippen LogP contribution in [0.1, 0.15) is 10.4 Å². The summed E-state index contributed by atoms with van der Waals surface area (Å²) in [7, 11) is 3.14. The van der Waals surface area contributed by atoms with E-state index in [9.17, 15) is 14.9 Å². The van der Waals surface area contributed by atoms with Gasteiger partial charge in [-0.3, -0.25) is 14.9 Å². The van der Waals surface area contributed by atoms with Gasteiger partial charge in [-0.05, 0) is 13.1 Å². The molecule has 0 aromatic heterocycles. The molecule has 0 heterocycles. The first-order valence-electron chi connectivity index (χ1n) is 5.35. The Bertz CT molecular complexity index is 448. The van der Waals surface area contributed by atoms with E-state index in [2.05, 4.69) is 10.6 Å². The number of ether oxygens (including phenoxy) is 1. The summed E-state index contributed by atoms with van der Waals surface area (Å²) in [6.07, 6.45) is 0. The van der Waals surface area contributed by atoms with Gasteiger partial charge in [-0.1, -0.05) is 0 Å². The minimum Gasteiger partial charge on any atom is -0.496 e. The molecule has 1 aromatic rings. The number of likely N-dealkylation sites (N-methyl/N-ethyl adjacent to an activating group) is 1. The highest BCUT2D eigenvalue weighted by molar-refractivity contribution is 5.97. The van der Waals surface area contributed by atoms with Crippen molar-refractivity contribution < 1.29 is 14.5 Å². The molecule has 98 valence electrons. The lowest BCUT2D eigenvalue weighted by Crippen LogP contribution is -2.30. The number of carbonyl (C=O) groups is 1. The molecular weight excluding hydrogens is 238 g/mol. The summed E-state index contributed by atoms with van der Waals surface area (Å²) in [6.45, 7) is 1.11. The van der Waals surface area contributed by atoms with Gasteiger partial charge in [0.1, 0.15) is 5.75 Å². The molecule has 0 fully saturated rings. The van der Waals surface area contributed by atoms with E-state index in [1.54, 1.807) is 7.05 Å². The zero-order valence-electron chi connectivity index (χ0n) is 10.2. The molecule has 2 N–H and O–H groups in total. The normalized spacial score (nSPS) is 9.89. The van der Waals surface area contributed by atoms with Gasteiger partial charge in [0.15, 0.2) is 0 Å². The molecule has 7 nitrogen and oxygen atoms in total. The molecule has 0 spiro atoms. The molecule has 18 heavy (non-hydrogen) atoms. The van der Waals surface area contributed by atoms with Crippen molar-refractivity contribution in [2.45, 2.75) is 0 Å². The van der Waals surface area contributed by atoms with Crippen LogP contribution in [-0.2, 0) is 0 Å². The minimum absolute atomic E-state index is 0.112. The van der Waals surface area contributed by atoms with Gasteiger partial charge >= 0.3 is 0 Å². The van der Waals surface area contributed by atoms with Gasteiger partial charge < -0.3 is 15.4 Å². The Morgan fingerprint density at radius 2 is 2.17 bits per heavy atom. The minimum atomic E-state index is -0.537. The summed E-state index contributed by atoms with van der Waals surface area (Å²) < 4.78 is 4.98. The highest BCUT2D eigenvalue weighted by atomic mass is 16.6. The summed E-state index contributed by atoms with van der Waals surface area (Å²) >= 11 is 0. The molecule has 0 saturated carbocycles. The number of hydrogen-bond acceptors (Lipinski definition) is 5. The maximum absolute atomic E-state index is 11.8. The lowest BCUT2D eigenvalue weighted by atomic mass is 10.1. The maximum Gasteiger partial charge on any atom is 0.273 e. The van der Waals surface area contributed by atoms with Gasteiger partial charge in [0.25, 0.3) is 11.6 Å². The number of nitro benzene ring substituents is 1. The lowest BCUT2D eigenvalue weighted by Gasteiger charge is -2.08. The SMILES string of the molecule is CNCCNC(=O)c1ccc([N+](=O)[O-])cc1OC. The van der Waals surface area contributed by atoms with E-state index in [0.717, 1.165) is 0 Å². The average Bonchev–Trinajstić information content (AvgIpc) is 2.38. The van der Waals surface area contributed by atoms with E-state index in [1.807, 2.05) is 0 Å². The Labute approximate surface area is 104 Å². The van der Waals surface area contributed by atoms with Crippen molar-refractivity contribution in [3.8, 4) is 5.75 Å². The molecule has 0 aliphatic heterocycles. The van der Waals surface area contributed by atoms with Crippen LogP contribution in [0.15, 0.2) is 18.2 Å². The number of nitrogens with one attached hydrogen (secondary N) is 2. The number of amides is 1. The summed E-state index contributed by atoms with van der Waals surface area (Å²) in [5.74, 6) is -0.136. The number of carbonyl (C=O) groups excluding carboxylic acids is 1. The maximum atomic E-state index is 11.8. The molecular formula is C11H15N3O4. The van der Waals surface area contributed by atoms with Crippen LogP contribution in [0.2, 0.25) is 0 Å². The van der Waals surface area contributed by atoms with Gasteiger partial charge in [-0.15, -0.1) is 0 Å². The first kappa shape index (κ1) is 13.9. The number of rotatable bonds is 6. The van der Waals surface area contributed by atoms with E-state index in [-0.39, 0.29) is 22.9 Å². The molecule has 1 aromatic carbocycles. The third-order valence-electron chi connectivity index (χ3n) is 2.30. The van der Waals surface area contributed by atoms with Gasteiger partial charge in [-0.2, -0.15) is 0 Å². The number of benzene rings is 1. The predicted molar refractivity (Wildman–Crippen MR) is 65.9 cm³/mol. The molecule has 0 unspecified atom stereocenters. The van der Waals surface area contributed by atoms with Crippen LogP contribution < -0.4 is 15.4 Å². The Morgan fingerprint density at radius 1 is 1.44 bits per heavy atom. The molecule has 0 atom stereocenters. The smallest absolute Gasteiger partial charge is 0.273 e. The second-order valence-corrected chi connectivity index (χ2v) is 3.50. The fourth-order valence-electron chi connectivity index (χ4n) is 1.38. The second-order valence-electron chi connectivity index (χ2n) is 3.50. The quantitative estimate of drug-likeness (QED) is 0.439. The summed E-state index contributed by atoms with van der Waals surface area (Å²) in [4.78, 5) is 21.9. The van der Waals surface area contributed by atoms with Crippen LogP contribution in [0.3, 0.4) is 0 Å². The predicted octanol–water partition coefficient (Wildman–Crippen LogP) is 0.553. The van der Waals surface area contributed by atoms with Crippen molar-refractivity contribution in [1.29, 1.82) is 0 Å². The second kappa shape index (κ2) is 6.55. The fraction of sp³-hybridized carbons (Fsp3) is 0.364. The van der Waals surface area contributed by atoms with Crippen LogP contribution in [-0.4, -0.2) is 38.1 Å². The highest BCUT2D eigenvalue weighted by Crippen LogP contribution is 2.24. The van der Waals surface area contributed by atoms with Crippen LogP contribution in [0.25, 0.3) is 0 Å². The van der Waals surface area contributed by atoms with Crippen molar-refractivity contribution in [1.82, 2.24) is 10.6 Å². The Balaban J connectivity index is 2.88. The number of nitro groups is 1. The topological polar surface area (TPSA) is 93.5 Å². The fourth-order valence-corrected chi connectivity index (χ4v) is 1.38. The molecule has 0 aliphatic rings. The summed E-state index contributed by atoms with van der Waals surface area (Å²) in [5, 5.41) is 16.2. The molecule has 0 radical (unpaired) electrons. The van der Waals surface area contributed by atoms with Crippen molar-refractivity contribution >= 4 is 11.6 Å². The molecule has 7 heteroatoms. The van der Waals surface area contributed by atoms with Gasteiger partial charge in [0, 0.05) is 19.2 Å². The van der Waals surface area contributed by atoms with Crippen LogP contribution in [0.4, 0.5) is 5.69 Å². The third kappa shape index (κ3) is 3.42. The van der Waals surface area contributed by atoms with Crippen molar-refractivity contribution in [2.75, 3.05) is 27.2 Å². The Morgan fingerprint density at radius 3 is 2.72 bits per heavy atom. The zero-order valence-corrected chi connectivity index (χ0v) is 10.2. The number of hydrogen-bond donors (Lipinski definition) is 2. The van der Waals surface area contributed by atoms with E-state index in [1.165, 1.54) is 25.3 Å². The van der Waals surface area contributed by atoms with Crippen molar-refractivity contribution in [3.05, 3.63) is 33.9 Å². The summed E-state index contributed by atoms with van der Waals surface area (Å²) in [5.41, 5.74) is 0.165. The Hall–Kier alpha value is -2.15. The van der Waals surface area contributed by atoms with Gasteiger partial charge in [0.2, 0.25) is 0 Å². The molecule has 1 amide bonds.